The van der Waals surface area contributed by atoms with Gasteiger partial charge >= 0.3 is 5.97 Å². The molecule has 1 aliphatic rings. The summed E-state index contributed by atoms with van der Waals surface area (Å²) < 4.78 is 5.57. The van der Waals surface area contributed by atoms with E-state index in [0.29, 0.717) is 12.4 Å². The molecule has 0 aliphatic carbocycles. The molecule has 7 heteroatoms. The predicted octanol–water partition coefficient (Wildman–Crippen LogP) is 1.28. The molecule has 1 atom stereocenters. The highest BCUT2D eigenvalue weighted by Crippen LogP contribution is 2.17. The van der Waals surface area contributed by atoms with Gasteiger partial charge in [-0.3, -0.25) is 14.5 Å². The van der Waals surface area contributed by atoms with Gasteiger partial charge in [-0.25, -0.2) is 4.98 Å². The van der Waals surface area contributed by atoms with Crippen molar-refractivity contribution in [2.24, 2.45) is 5.92 Å². The van der Waals surface area contributed by atoms with E-state index in [9.17, 15) is 9.59 Å². The van der Waals surface area contributed by atoms with Crippen LogP contribution in [0.2, 0.25) is 0 Å². The lowest BCUT2D eigenvalue weighted by Gasteiger charge is -2.14. The zero-order chi connectivity index (χ0) is 14.5. The van der Waals surface area contributed by atoms with Gasteiger partial charge in [0.15, 0.2) is 0 Å². The zero-order valence-electron chi connectivity index (χ0n) is 11.1. The SMILES string of the molecule is COC(=O)C1CCN(CC(=O)Nc2ccc(Br)cn2)C1. The van der Waals surface area contributed by atoms with Crippen LogP contribution in [0.4, 0.5) is 5.82 Å². The van der Waals surface area contributed by atoms with Gasteiger partial charge in [-0.2, -0.15) is 0 Å². The Hall–Kier alpha value is -1.47. The predicted molar refractivity (Wildman–Crippen MR) is 77.1 cm³/mol. The summed E-state index contributed by atoms with van der Waals surface area (Å²) in [7, 11) is 1.39. The molecule has 1 fully saturated rings. The maximum Gasteiger partial charge on any atom is 0.310 e. The standard InChI is InChI=1S/C13H16BrN3O3/c1-20-13(19)9-4-5-17(7-9)8-12(18)16-11-3-2-10(14)6-15-11/h2-3,6,9H,4-5,7-8H2,1H3,(H,15,16,18). The van der Waals surface area contributed by atoms with Crippen LogP contribution in [-0.4, -0.2) is 48.5 Å². The van der Waals surface area contributed by atoms with Crippen molar-refractivity contribution in [2.45, 2.75) is 6.42 Å². The minimum absolute atomic E-state index is 0.126. The molecule has 108 valence electrons. The Morgan fingerprint density at radius 2 is 2.35 bits per heavy atom. The Kier molecular flexibility index (Phi) is 5.08. The van der Waals surface area contributed by atoms with Crippen LogP contribution in [0, 0.1) is 5.92 Å². The van der Waals surface area contributed by atoms with Gasteiger partial charge in [0.1, 0.15) is 5.82 Å². The number of amides is 1. The van der Waals surface area contributed by atoms with E-state index in [1.165, 1.54) is 7.11 Å². The maximum atomic E-state index is 11.9. The molecule has 1 aliphatic heterocycles. The Labute approximate surface area is 125 Å². The van der Waals surface area contributed by atoms with E-state index in [2.05, 4.69) is 26.2 Å². The molecule has 1 N–H and O–H groups in total. The first-order valence-electron chi connectivity index (χ1n) is 6.30. The van der Waals surface area contributed by atoms with Crippen molar-refractivity contribution in [2.75, 3.05) is 32.1 Å². The number of anilines is 1. The Morgan fingerprint density at radius 3 is 3.00 bits per heavy atom. The second-order valence-corrected chi connectivity index (χ2v) is 5.57. The van der Waals surface area contributed by atoms with Gasteiger partial charge in [0, 0.05) is 17.2 Å². The number of aromatic nitrogens is 1. The van der Waals surface area contributed by atoms with Crippen molar-refractivity contribution in [3.8, 4) is 0 Å². The monoisotopic (exact) mass is 341 g/mol. The molecule has 0 radical (unpaired) electrons. The lowest BCUT2D eigenvalue weighted by molar-refractivity contribution is -0.145. The van der Waals surface area contributed by atoms with Crippen LogP contribution in [0.5, 0.6) is 0 Å². The van der Waals surface area contributed by atoms with E-state index in [-0.39, 0.29) is 24.3 Å². The third-order valence-corrected chi connectivity index (χ3v) is 3.64. The molecule has 2 heterocycles. The largest absolute Gasteiger partial charge is 0.469 e. The van der Waals surface area contributed by atoms with Crippen LogP contribution in [0.1, 0.15) is 6.42 Å². The van der Waals surface area contributed by atoms with Crippen LogP contribution >= 0.6 is 15.9 Å². The van der Waals surface area contributed by atoms with Gasteiger partial charge in [0.05, 0.1) is 19.6 Å². The number of rotatable bonds is 4. The third-order valence-electron chi connectivity index (χ3n) is 3.17. The Balaban J connectivity index is 1.81. The molecule has 1 amide bonds. The summed E-state index contributed by atoms with van der Waals surface area (Å²) in [6.07, 6.45) is 2.36. The molecular weight excluding hydrogens is 326 g/mol. The van der Waals surface area contributed by atoms with E-state index in [1.54, 1.807) is 12.3 Å². The van der Waals surface area contributed by atoms with E-state index in [0.717, 1.165) is 17.4 Å². The molecule has 1 aromatic rings. The Morgan fingerprint density at radius 1 is 1.55 bits per heavy atom. The van der Waals surface area contributed by atoms with Crippen molar-refractivity contribution in [1.29, 1.82) is 0 Å². The van der Waals surface area contributed by atoms with Gasteiger partial charge < -0.3 is 10.1 Å². The number of halogens is 1. The number of hydrogen-bond acceptors (Lipinski definition) is 5. The van der Waals surface area contributed by atoms with Crippen LogP contribution in [0.25, 0.3) is 0 Å². The van der Waals surface area contributed by atoms with Crippen LogP contribution in [0.3, 0.4) is 0 Å². The second-order valence-electron chi connectivity index (χ2n) is 4.65. The summed E-state index contributed by atoms with van der Waals surface area (Å²) in [5.74, 6) is 0.0494. The van der Waals surface area contributed by atoms with E-state index >= 15 is 0 Å². The summed E-state index contributed by atoms with van der Waals surface area (Å²) >= 11 is 3.28. The number of pyridine rings is 1. The molecule has 1 aromatic heterocycles. The maximum absolute atomic E-state index is 11.9. The number of carbonyl (C=O) groups excluding carboxylic acids is 2. The normalized spacial score (nSPS) is 18.8. The minimum atomic E-state index is -0.206. The number of likely N-dealkylation sites (tertiary alicyclic amines) is 1. The fraction of sp³-hybridized carbons (Fsp3) is 0.462. The summed E-state index contributed by atoms with van der Waals surface area (Å²) in [6, 6.07) is 3.54. The molecule has 20 heavy (non-hydrogen) atoms. The smallest absolute Gasteiger partial charge is 0.310 e. The first-order valence-corrected chi connectivity index (χ1v) is 7.09. The third kappa shape index (κ3) is 4.01. The number of esters is 1. The number of carbonyl (C=O) groups is 2. The van der Waals surface area contributed by atoms with Crippen molar-refractivity contribution in [3.05, 3.63) is 22.8 Å². The number of hydrogen-bond donors (Lipinski definition) is 1. The average Bonchev–Trinajstić information content (AvgIpc) is 2.89. The van der Waals surface area contributed by atoms with Crippen molar-refractivity contribution in [1.82, 2.24) is 9.88 Å². The summed E-state index contributed by atoms with van der Waals surface area (Å²) in [4.78, 5) is 29.3. The fourth-order valence-electron chi connectivity index (χ4n) is 2.17. The second kappa shape index (κ2) is 6.81. The molecule has 1 unspecified atom stereocenters. The van der Waals surface area contributed by atoms with Gasteiger partial charge in [-0.1, -0.05) is 0 Å². The molecule has 6 nitrogen and oxygen atoms in total. The van der Waals surface area contributed by atoms with E-state index < -0.39 is 0 Å². The van der Waals surface area contributed by atoms with Crippen molar-refractivity contribution in [3.63, 3.8) is 0 Å². The molecule has 1 saturated heterocycles. The zero-order valence-corrected chi connectivity index (χ0v) is 12.7. The first-order chi connectivity index (χ1) is 9.58. The molecule has 0 saturated carbocycles. The highest BCUT2D eigenvalue weighted by Gasteiger charge is 2.29. The number of nitrogens with zero attached hydrogens (tertiary/aromatic N) is 2. The number of methoxy groups -OCH3 is 1. The summed E-state index contributed by atoms with van der Waals surface area (Å²) in [5.41, 5.74) is 0. The van der Waals surface area contributed by atoms with Crippen LogP contribution in [-0.2, 0) is 14.3 Å². The van der Waals surface area contributed by atoms with Gasteiger partial charge in [-0.15, -0.1) is 0 Å². The lowest BCUT2D eigenvalue weighted by atomic mass is 10.1. The van der Waals surface area contributed by atoms with Crippen LogP contribution in [0.15, 0.2) is 22.8 Å². The summed E-state index contributed by atoms with van der Waals surface area (Å²) in [5, 5.41) is 2.73. The quantitative estimate of drug-likeness (QED) is 0.835. The molecule has 2 rings (SSSR count). The molecule has 0 spiro atoms. The van der Waals surface area contributed by atoms with Crippen molar-refractivity contribution >= 4 is 33.6 Å². The first kappa shape index (κ1) is 14.9. The lowest BCUT2D eigenvalue weighted by Crippen LogP contribution is -2.32. The topological polar surface area (TPSA) is 71.5 Å². The molecule has 0 aromatic carbocycles. The van der Waals surface area contributed by atoms with Gasteiger partial charge in [0.2, 0.25) is 5.91 Å². The average molecular weight is 342 g/mol. The summed E-state index contributed by atoms with van der Waals surface area (Å²) in [6.45, 7) is 1.54. The van der Waals surface area contributed by atoms with Crippen molar-refractivity contribution < 1.29 is 14.3 Å². The fourth-order valence-corrected chi connectivity index (χ4v) is 2.41. The van der Waals surface area contributed by atoms with Gasteiger partial charge in [-0.05, 0) is 41.0 Å². The molecular formula is C13H16BrN3O3. The minimum Gasteiger partial charge on any atom is -0.469 e. The van der Waals surface area contributed by atoms with Crippen LogP contribution < -0.4 is 5.32 Å². The number of ether oxygens (including phenoxy) is 1. The van der Waals surface area contributed by atoms with Gasteiger partial charge in [0.25, 0.3) is 0 Å². The number of nitrogens with one attached hydrogen (secondary N) is 1. The van der Waals surface area contributed by atoms with E-state index in [1.807, 2.05) is 11.0 Å². The highest BCUT2D eigenvalue weighted by molar-refractivity contribution is 9.10. The van der Waals surface area contributed by atoms with E-state index in [4.69, 9.17) is 4.74 Å². The molecule has 0 bridgehead atoms. The highest BCUT2D eigenvalue weighted by atomic mass is 79.9. The Bertz CT molecular complexity index is 492.